The number of primary amides is 1. The van der Waals surface area contributed by atoms with Crippen molar-refractivity contribution in [2.45, 2.75) is 18.8 Å². The van der Waals surface area contributed by atoms with Gasteiger partial charge in [-0.15, -0.1) is 10.2 Å². The van der Waals surface area contributed by atoms with E-state index in [1.807, 2.05) is 0 Å². The lowest BCUT2D eigenvalue weighted by molar-refractivity contribution is -0.117. The van der Waals surface area contributed by atoms with Gasteiger partial charge in [-0.05, 0) is 74.5 Å². The predicted molar refractivity (Wildman–Crippen MR) is 112 cm³/mol. The number of nitrogens with two attached hydrogens (primary N) is 1. The van der Waals surface area contributed by atoms with Gasteiger partial charge < -0.3 is 15.5 Å². The SMILES string of the molecule is NC(=O)c1ccc(NC(=O)CN2CCC(c3nnc(-c4ccc(F)cc4)o3)CC2)cc1. The van der Waals surface area contributed by atoms with Gasteiger partial charge in [-0.1, -0.05) is 0 Å². The number of amides is 2. The molecule has 1 aliphatic rings. The minimum Gasteiger partial charge on any atom is -0.420 e. The molecule has 8 nitrogen and oxygen atoms in total. The van der Waals surface area contributed by atoms with Crippen LogP contribution < -0.4 is 11.1 Å². The fourth-order valence-corrected chi connectivity index (χ4v) is 3.57. The quantitative estimate of drug-likeness (QED) is 0.630. The number of carbonyl (C=O) groups is 2. The second-order valence-corrected chi connectivity index (χ2v) is 7.49. The fourth-order valence-electron chi connectivity index (χ4n) is 3.57. The molecular weight excluding hydrogens is 401 g/mol. The molecule has 9 heteroatoms. The van der Waals surface area contributed by atoms with Crippen LogP contribution in [0.3, 0.4) is 0 Å². The largest absolute Gasteiger partial charge is 0.420 e. The monoisotopic (exact) mass is 423 g/mol. The molecule has 2 aromatic carbocycles. The third kappa shape index (κ3) is 5.13. The standard InChI is InChI=1S/C22H22FN5O3/c23-17-5-1-15(2-6-17)21-26-27-22(31-21)16-9-11-28(12-10-16)13-19(29)25-18-7-3-14(4-8-18)20(24)30/h1-8,16H,9-13H2,(H2,24,30)(H,25,29). The number of halogens is 1. The Kier molecular flexibility index (Phi) is 6.03. The normalized spacial score (nSPS) is 15.0. The number of anilines is 1. The highest BCUT2D eigenvalue weighted by molar-refractivity contribution is 5.95. The first kappa shape index (κ1) is 20.7. The zero-order valence-electron chi connectivity index (χ0n) is 16.8. The summed E-state index contributed by atoms with van der Waals surface area (Å²) >= 11 is 0. The molecule has 0 aliphatic carbocycles. The van der Waals surface area contributed by atoms with Crippen molar-refractivity contribution in [3.8, 4) is 11.5 Å². The molecule has 1 aromatic heterocycles. The molecule has 0 radical (unpaired) electrons. The summed E-state index contributed by atoms with van der Waals surface area (Å²) in [6.45, 7) is 1.73. The lowest BCUT2D eigenvalue weighted by atomic mass is 9.97. The number of carbonyl (C=O) groups excluding carboxylic acids is 2. The van der Waals surface area contributed by atoms with Gasteiger partial charge in [0.15, 0.2) is 0 Å². The summed E-state index contributed by atoms with van der Waals surface area (Å²) in [5, 5.41) is 11.1. The Labute approximate surface area is 178 Å². The number of piperidine rings is 1. The van der Waals surface area contributed by atoms with Crippen molar-refractivity contribution < 1.29 is 18.4 Å². The third-order valence-electron chi connectivity index (χ3n) is 5.29. The summed E-state index contributed by atoms with van der Waals surface area (Å²) in [7, 11) is 0. The lowest BCUT2D eigenvalue weighted by Crippen LogP contribution is -2.38. The molecule has 0 spiro atoms. The van der Waals surface area contributed by atoms with Gasteiger partial charge in [0, 0.05) is 22.7 Å². The minimum absolute atomic E-state index is 0.123. The number of rotatable bonds is 6. The Bertz CT molecular complexity index is 1060. The number of hydrogen-bond acceptors (Lipinski definition) is 6. The molecule has 3 N–H and O–H groups in total. The molecule has 0 saturated carbocycles. The highest BCUT2D eigenvalue weighted by Crippen LogP contribution is 2.29. The van der Waals surface area contributed by atoms with E-state index in [1.54, 1.807) is 36.4 Å². The van der Waals surface area contributed by atoms with Crippen LogP contribution in [0, 0.1) is 5.82 Å². The average molecular weight is 423 g/mol. The van der Waals surface area contributed by atoms with E-state index in [0.29, 0.717) is 28.6 Å². The van der Waals surface area contributed by atoms with Gasteiger partial charge in [-0.2, -0.15) is 0 Å². The molecule has 2 amide bonds. The van der Waals surface area contributed by atoms with E-state index in [0.717, 1.165) is 25.9 Å². The molecule has 3 aromatic rings. The summed E-state index contributed by atoms with van der Waals surface area (Å²) in [5.74, 6) is 0.121. The van der Waals surface area contributed by atoms with Gasteiger partial charge in [-0.3, -0.25) is 14.5 Å². The van der Waals surface area contributed by atoms with Crippen LogP contribution in [0.25, 0.3) is 11.5 Å². The fraction of sp³-hybridized carbons (Fsp3) is 0.273. The maximum absolute atomic E-state index is 13.1. The van der Waals surface area contributed by atoms with Crippen LogP contribution in [0.4, 0.5) is 10.1 Å². The van der Waals surface area contributed by atoms with Crippen LogP contribution in [0.15, 0.2) is 52.9 Å². The zero-order chi connectivity index (χ0) is 21.8. The number of nitrogens with one attached hydrogen (secondary N) is 1. The number of aromatic nitrogens is 2. The van der Waals surface area contributed by atoms with E-state index >= 15 is 0 Å². The van der Waals surface area contributed by atoms with Crippen LogP contribution in [0.5, 0.6) is 0 Å². The summed E-state index contributed by atoms with van der Waals surface area (Å²) in [6.07, 6.45) is 1.59. The van der Waals surface area contributed by atoms with Crippen LogP contribution in [-0.4, -0.2) is 46.5 Å². The molecular formula is C22H22FN5O3. The number of nitrogens with zero attached hydrogens (tertiary/aromatic N) is 3. The second kappa shape index (κ2) is 9.05. The van der Waals surface area contributed by atoms with Gasteiger partial charge >= 0.3 is 0 Å². The number of likely N-dealkylation sites (tertiary alicyclic amines) is 1. The van der Waals surface area contributed by atoms with Crippen LogP contribution in [0.1, 0.15) is 35.0 Å². The van der Waals surface area contributed by atoms with E-state index < -0.39 is 5.91 Å². The van der Waals surface area contributed by atoms with E-state index in [1.165, 1.54) is 12.1 Å². The summed E-state index contributed by atoms with van der Waals surface area (Å²) in [4.78, 5) is 25.5. The molecule has 1 fully saturated rings. The lowest BCUT2D eigenvalue weighted by Gasteiger charge is -2.29. The molecule has 2 heterocycles. The van der Waals surface area contributed by atoms with Crippen molar-refractivity contribution in [3.05, 3.63) is 65.8 Å². The smallest absolute Gasteiger partial charge is 0.248 e. The van der Waals surface area contributed by atoms with Crippen LogP contribution >= 0.6 is 0 Å². The van der Waals surface area contributed by atoms with Gasteiger partial charge in [0.25, 0.3) is 0 Å². The first-order valence-corrected chi connectivity index (χ1v) is 9.99. The number of hydrogen-bond donors (Lipinski definition) is 2. The van der Waals surface area contributed by atoms with Crippen molar-refractivity contribution >= 4 is 17.5 Å². The second-order valence-electron chi connectivity index (χ2n) is 7.49. The van der Waals surface area contributed by atoms with Crippen LogP contribution in [0.2, 0.25) is 0 Å². The Morgan fingerprint density at radius 3 is 2.39 bits per heavy atom. The Morgan fingerprint density at radius 2 is 1.74 bits per heavy atom. The molecule has 1 aliphatic heterocycles. The Hall–Kier alpha value is -3.59. The van der Waals surface area contributed by atoms with Crippen molar-refractivity contribution in [1.82, 2.24) is 15.1 Å². The van der Waals surface area contributed by atoms with E-state index in [2.05, 4.69) is 20.4 Å². The number of benzene rings is 2. The zero-order valence-corrected chi connectivity index (χ0v) is 16.8. The molecule has 31 heavy (non-hydrogen) atoms. The van der Waals surface area contributed by atoms with E-state index in [9.17, 15) is 14.0 Å². The molecule has 0 unspecified atom stereocenters. The first-order valence-electron chi connectivity index (χ1n) is 9.99. The summed E-state index contributed by atoms with van der Waals surface area (Å²) in [6, 6.07) is 12.4. The minimum atomic E-state index is -0.508. The average Bonchev–Trinajstić information content (AvgIpc) is 3.25. The molecule has 1 saturated heterocycles. The van der Waals surface area contributed by atoms with Crippen molar-refractivity contribution in [2.75, 3.05) is 25.0 Å². The molecule has 0 atom stereocenters. The molecule has 0 bridgehead atoms. The van der Waals surface area contributed by atoms with Crippen LogP contribution in [-0.2, 0) is 4.79 Å². The van der Waals surface area contributed by atoms with Crippen molar-refractivity contribution in [2.24, 2.45) is 5.73 Å². The topological polar surface area (TPSA) is 114 Å². The van der Waals surface area contributed by atoms with Crippen molar-refractivity contribution in [3.63, 3.8) is 0 Å². The highest BCUT2D eigenvalue weighted by atomic mass is 19.1. The maximum atomic E-state index is 13.1. The highest BCUT2D eigenvalue weighted by Gasteiger charge is 2.26. The maximum Gasteiger partial charge on any atom is 0.248 e. The van der Waals surface area contributed by atoms with E-state index in [-0.39, 0.29) is 24.2 Å². The van der Waals surface area contributed by atoms with Gasteiger partial charge in [0.1, 0.15) is 5.82 Å². The Balaban J connectivity index is 1.27. The van der Waals surface area contributed by atoms with Gasteiger partial charge in [0.05, 0.1) is 6.54 Å². The Morgan fingerprint density at radius 1 is 1.06 bits per heavy atom. The van der Waals surface area contributed by atoms with Crippen molar-refractivity contribution in [1.29, 1.82) is 0 Å². The van der Waals surface area contributed by atoms with Gasteiger partial charge in [-0.25, -0.2) is 4.39 Å². The third-order valence-corrected chi connectivity index (χ3v) is 5.29. The van der Waals surface area contributed by atoms with Gasteiger partial charge in [0.2, 0.25) is 23.6 Å². The summed E-state index contributed by atoms with van der Waals surface area (Å²) in [5.41, 5.74) is 6.90. The first-order chi connectivity index (χ1) is 15.0. The molecule has 160 valence electrons. The van der Waals surface area contributed by atoms with E-state index in [4.69, 9.17) is 10.2 Å². The summed E-state index contributed by atoms with van der Waals surface area (Å²) < 4.78 is 18.9. The predicted octanol–water partition coefficient (Wildman–Crippen LogP) is 2.79. The molecule has 4 rings (SSSR count).